The van der Waals surface area contributed by atoms with Crippen LogP contribution in [0.2, 0.25) is 10.0 Å². The van der Waals surface area contributed by atoms with Crippen molar-refractivity contribution in [2.75, 3.05) is 43.4 Å². The molecule has 11 heteroatoms. The van der Waals surface area contributed by atoms with Crippen molar-refractivity contribution in [2.24, 2.45) is 7.05 Å². The summed E-state index contributed by atoms with van der Waals surface area (Å²) < 4.78 is 1.76. The molecule has 0 amide bonds. The number of likely N-dealkylation sites (N-methyl/N-ethyl adjacent to an activating group) is 1. The fourth-order valence-electron chi connectivity index (χ4n) is 3.94. The minimum atomic E-state index is -0.241. The lowest BCUT2D eigenvalue weighted by atomic mass is 10.1. The Morgan fingerprint density at radius 1 is 0.941 bits per heavy atom. The molecule has 1 aromatic carbocycles. The van der Waals surface area contributed by atoms with Gasteiger partial charge in [0, 0.05) is 56.7 Å². The molecule has 0 saturated carbocycles. The first-order valence-corrected chi connectivity index (χ1v) is 11.5. The molecule has 34 heavy (non-hydrogen) atoms. The van der Waals surface area contributed by atoms with Crippen LogP contribution in [0, 0.1) is 0 Å². The summed E-state index contributed by atoms with van der Waals surface area (Å²) in [6, 6.07) is 5.14. The maximum Gasteiger partial charge on any atom is 0.229 e. The SMILES string of the molecule is CN1CCN(c2ncc(Nc3ncc4c(=O)c(-c5c(Cl)cccc5Cl)cn(C)c4n3)cn2)CC1. The molecule has 174 valence electrons. The summed E-state index contributed by atoms with van der Waals surface area (Å²) in [6.07, 6.45) is 6.59. The highest BCUT2D eigenvalue weighted by atomic mass is 35.5. The van der Waals surface area contributed by atoms with Crippen LogP contribution in [-0.2, 0) is 7.05 Å². The number of nitrogens with one attached hydrogen (secondary N) is 1. The van der Waals surface area contributed by atoms with E-state index in [4.69, 9.17) is 23.2 Å². The third-order valence-electron chi connectivity index (χ3n) is 5.83. The molecule has 1 fully saturated rings. The molecule has 0 spiro atoms. The number of halogens is 2. The molecule has 1 aliphatic heterocycles. The number of piperazine rings is 1. The molecule has 0 aliphatic carbocycles. The maximum atomic E-state index is 13.2. The van der Waals surface area contributed by atoms with Crippen molar-refractivity contribution in [2.45, 2.75) is 0 Å². The molecule has 9 nitrogen and oxygen atoms in total. The second kappa shape index (κ2) is 9.17. The van der Waals surface area contributed by atoms with Crippen LogP contribution in [-0.4, -0.2) is 62.6 Å². The van der Waals surface area contributed by atoms with Gasteiger partial charge in [0.2, 0.25) is 17.3 Å². The molecule has 0 atom stereocenters. The van der Waals surface area contributed by atoms with E-state index in [-0.39, 0.29) is 5.43 Å². The molecule has 3 aromatic heterocycles. The summed E-state index contributed by atoms with van der Waals surface area (Å²) in [5, 5.41) is 4.29. The van der Waals surface area contributed by atoms with Crippen LogP contribution in [0.4, 0.5) is 17.6 Å². The Bertz CT molecular complexity index is 1400. The number of pyridine rings is 1. The molecule has 0 bridgehead atoms. The van der Waals surface area contributed by atoms with Crippen molar-refractivity contribution in [3.05, 3.63) is 63.3 Å². The van der Waals surface area contributed by atoms with E-state index >= 15 is 0 Å². The zero-order valence-electron chi connectivity index (χ0n) is 18.7. The van der Waals surface area contributed by atoms with Crippen molar-refractivity contribution in [3.63, 3.8) is 0 Å². The van der Waals surface area contributed by atoms with Gasteiger partial charge in [0.05, 0.1) is 33.5 Å². The predicted octanol–water partition coefficient (Wildman–Crippen LogP) is 3.59. The van der Waals surface area contributed by atoms with Crippen LogP contribution in [0.5, 0.6) is 0 Å². The molecule has 0 unspecified atom stereocenters. The topological polar surface area (TPSA) is 92.1 Å². The van der Waals surface area contributed by atoms with E-state index in [2.05, 4.69) is 42.1 Å². The fourth-order valence-corrected chi connectivity index (χ4v) is 4.54. The van der Waals surface area contributed by atoms with E-state index in [0.29, 0.717) is 49.8 Å². The number of aryl methyl sites for hydroxylation is 1. The predicted molar refractivity (Wildman–Crippen MR) is 135 cm³/mol. The van der Waals surface area contributed by atoms with Gasteiger partial charge in [-0.1, -0.05) is 29.3 Å². The van der Waals surface area contributed by atoms with E-state index in [9.17, 15) is 4.79 Å². The van der Waals surface area contributed by atoms with E-state index in [1.165, 1.54) is 6.20 Å². The normalized spacial score (nSPS) is 14.5. The molecule has 5 rings (SSSR count). The molecule has 1 aliphatic rings. The third-order valence-corrected chi connectivity index (χ3v) is 6.46. The van der Waals surface area contributed by atoms with Crippen LogP contribution in [0.15, 0.2) is 47.8 Å². The molecular weight excluding hydrogens is 475 g/mol. The second-order valence-electron chi connectivity index (χ2n) is 8.20. The number of rotatable bonds is 4. The number of anilines is 3. The van der Waals surface area contributed by atoms with Gasteiger partial charge in [0.15, 0.2) is 0 Å². The van der Waals surface area contributed by atoms with Gasteiger partial charge >= 0.3 is 0 Å². The Balaban J connectivity index is 1.43. The Labute approximate surface area is 206 Å². The van der Waals surface area contributed by atoms with Crippen LogP contribution in [0.25, 0.3) is 22.2 Å². The molecular formula is C23H22Cl2N8O. The minimum absolute atomic E-state index is 0.241. The lowest BCUT2D eigenvalue weighted by Crippen LogP contribution is -2.45. The summed E-state index contributed by atoms with van der Waals surface area (Å²) >= 11 is 12.7. The van der Waals surface area contributed by atoms with Gasteiger partial charge in [-0.05, 0) is 19.2 Å². The van der Waals surface area contributed by atoms with Crippen molar-refractivity contribution in [1.29, 1.82) is 0 Å². The number of hydrogen-bond donors (Lipinski definition) is 1. The smallest absolute Gasteiger partial charge is 0.229 e. The van der Waals surface area contributed by atoms with Crippen LogP contribution in [0.1, 0.15) is 0 Å². The highest BCUT2D eigenvalue weighted by Crippen LogP contribution is 2.33. The molecule has 1 N–H and O–H groups in total. The van der Waals surface area contributed by atoms with E-state index in [1.54, 1.807) is 48.4 Å². The molecule has 4 heterocycles. The second-order valence-corrected chi connectivity index (χ2v) is 9.01. The Morgan fingerprint density at radius 3 is 2.29 bits per heavy atom. The highest BCUT2D eigenvalue weighted by Gasteiger charge is 2.18. The van der Waals surface area contributed by atoms with Crippen molar-refractivity contribution in [1.82, 2.24) is 29.4 Å². The zero-order valence-corrected chi connectivity index (χ0v) is 20.2. The number of nitrogens with zero attached hydrogens (tertiary/aromatic N) is 7. The van der Waals surface area contributed by atoms with Gasteiger partial charge in [-0.15, -0.1) is 0 Å². The van der Waals surface area contributed by atoms with Gasteiger partial charge < -0.3 is 19.7 Å². The quantitative estimate of drug-likeness (QED) is 0.458. The Morgan fingerprint density at radius 2 is 1.62 bits per heavy atom. The van der Waals surface area contributed by atoms with Crippen LogP contribution >= 0.6 is 23.2 Å². The number of hydrogen-bond acceptors (Lipinski definition) is 8. The maximum absolute atomic E-state index is 13.2. The van der Waals surface area contributed by atoms with E-state index in [1.807, 2.05) is 0 Å². The summed E-state index contributed by atoms with van der Waals surface area (Å²) in [7, 11) is 3.91. The van der Waals surface area contributed by atoms with Gasteiger partial charge in [-0.25, -0.2) is 15.0 Å². The number of aromatic nitrogens is 5. The van der Waals surface area contributed by atoms with Crippen molar-refractivity contribution in [3.8, 4) is 11.1 Å². The van der Waals surface area contributed by atoms with Crippen LogP contribution in [0.3, 0.4) is 0 Å². The first kappa shape index (κ1) is 22.5. The lowest BCUT2D eigenvalue weighted by molar-refractivity contribution is 0.311. The standard InChI is InChI=1S/C23H22Cl2N8O/c1-31-6-8-33(9-7-31)23-27-10-14(11-28-23)29-22-26-12-15-20(34)16(13-32(2)21(15)30-22)19-17(24)4-3-5-18(19)25/h3-5,10-13H,6-9H2,1-2H3,(H,26,29,30). The Kier molecular flexibility index (Phi) is 6.07. The van der Waals surface area contributed by atoms with Gasteiger partial charge in [0.1, 0.15) is 5.65 Å². The largest absolute Gasteiger partial charge is 0.338 e. The first-order chi connectivity index (χ1) is 16.4. The average molecular weight is 497 g/mol. The van der Waals surface area contributed by atoms with Crippen molar-refractivity contribution >= 4 is 51.8 Å². The van der Waals surface area contributed by atoms with E-state index < -0.39 is 0 Å². The first-order valence-electron chi connectivity index (χ1n) is 10.7. The van der Waals surface area contributed by atoms with E-state index in [0.717, 1.165) is 26.2 Å². The average Bonchev–Trinajstić information content (AvgIpc) is 2.83. The van der Waals surface area contributed by atoms with Gasteiger partial charge in [0.25, 0.3) is 0 Å². The van der Waals surface area contributed by atoms with Crippen LogP contribution < -0.4 is 15.6 Å². The third kappa shape index (κ3) is 4.29. The Hall–Kier alpha value is -3.27. The lowest BCUT2D eigenvalue weighted by Gasteiger charge is -2.32. The van der Waals surface area contributed by atoms with Crippen molar-refractivity contribution < 1.29 is 0 Å². The summed E-state index contributed by atoms with van der Waals surface area (Å²) in [5.41, 5.74) is 1.77. The molecule has 0 radical (unpaired) electrons. The summed E-state index contributed by atoms with van der Waals surface area (Å²) in [5.74, 6) is 1.04. The molecule has 1 saturated heterocycles. The summed E-state index contributed by atoms with van der Waals surface area (Å²) in [6.45, 7) is 3.76. The minimum Gasteiger partial charge on any atom is -0.338 e. The number of fused-ring (bicyclic) bond motifs is 1. The molecule has 4 aromatic rings. The zero-order chi connectivity index (χ0) is 23.8. The summed E-state index contributed by atoms with van der Waals surface area (Å²) in [4.78, 5) is 35.5. The monoisotopic (exact) mass is 496 g/mol. The highest BCUT2D eigenvalue weighted by molar-refractivity contribution is 6.39. The van der Waals surface area contributed by atoms with Gasteiger partial charge in [-0.3, -0.25) is 4.79 Å². The fraction of sp³-hybridized carbons (Fsp3) is 0.261. The number of benzene rings is 1. The van der Waals surface area contributed by atoms with Gasteiger partial charge in [-0.2, -0.15) is 4.98 Å².